The van der Waals surface area contributed by atoms with E-state index in [0.717, 1.165) is 31.3 Å². The molecule has 0 heterocycles. The minimum Gasteiger partial charge on any atom is -0.478 e. The maximum absolute atomic E-state index is 11.0. The van der Waals surface area contributed by atoms with Crippen molar-refractivity contribution in [3.63, 3.8) is 0 Å². The van der Waals surface area contributed by atoms with Gasteiger partial charge >= 0.3 is 5.97 Å². The molecule has 17 heavy (non-hydrogen) atoms. The maximum atomic E-state index is 11.0. The van der Waals surface area contributed by atoms with E-state index in [1.54, 1.807) is 0 Å². The minimum atomic E-state index is -0.851. The van der Waals surface area contributed by atoms with Crippen LogP contribution in [0.15, 0.2) is 36.5 Å². The highest BCUT2D eigenvalue weighted by Crippen LogP contribution is 2.52. The van der Waals surface area contributed by atoms with E-state index in [9.17, 15) is 4.79 Å². The summed E-state index contributed by atoms with van der Waals surface area (Å²) in [5.74, 6) is -0.313. The Bertz CT molecular complexity index is 405. The number of carboxylic acids is 1. The fraction of sp³-hybridized carbons (Fsp3) is 0.533. The first-order chi connectivity index (χ1) is 7.94. The van der Waals surface area contributed by atoms with Gasteiger partial charge in [-0.25, -0.2) is 4.79 Å². The molecule has 92 valence electrons. The normalized spacial score (nSPS) is 36.4. The first-order valence-corrected chi connectivity index (χ1v) is 6.21. The standard InChI is InChI=1S/C15H20O2/c1-10-5-4-7-15(3)8-6-12(9-13(10)15)11(2)14(16)17/h4-5,12-13H,1-2,6-9H2,3H3,(H,16,17)/t12-,13+,15-/m1/s1. The Kier molecular flexibility index (Phi) is 2.98. The highest BCUT2D eigenvalue weighted by atomic mass is 16.4. The second-order valence-electron chi connectivity index (χ2n) is 5.69. The molecule has 2 heteroatoms. The van der Waals surface area contributed by atoms with Gasteiger partial charge in [0.25, 0.3) is 0 Å². The van der Waals surface area contributed by atoms with Gasteiger partial charge in [-0.3, -0.25) is 0 Å². The molecule has 3 atom stereocenters. The highest BCUT2D eigenvalue weighted by Gasteiger charge is 2.42. The SMILES string of the molecule is C=C(C(=O)O)[C@@H]1CC[C@@]2(C)CC=CC(=C)[C@@H]2C1. The van der Waals surface area contributed by atoms with Gasteiger partial charge in [0.15, 0.2) is 0 Å². The molecule has 0 aromatic heterocycles. The van der Waals surface area contributed by atoms with Crippen molar-refractivity contribution in [2.24, 2.45) is 17.3 Å². The first kappa shape index (κ1) is 12.2. The van der Waals surface area contributed by atoms with Crippen LogP contribution < -0.4 is 0 Å². The van der Waals surface area contributed by atoms with Gasteiger partial charge in [0.1, 0.15) is 0 Å². The molecular formula is C15H20O2. The van der Waals surface area contributed by atoms with Gasteiger partial charge in [0.2, 0.25) is 0 Å². The van der Waals surface area contributed by atoms with Gasteiger partial charge in [0, 0.05) is 5.57 Å². The van der Waals surface area contributed by atoms with Crippen molar-refractivity contribution in [1.29, 1.82) is 0 Å². The number of carbonyl (C=O) groups is 1. The van der Waals surface area contributed by atoms with Crippen LogP contribution in [-0.2, 0) is 4.79 Å². The minimum absolute atomic E-state index is 0.119. The third kappa shape index (κ3) is 2.08. The summed E-state index contributed by atoms with van der Waals surface area (Å²) in [6, 6.07) is 0. The molecule has 2 rings (SSSR count). The van der Waals surface area contributed by atoms with E-state index < -0.39 is 5.97 Å². The van der Waals surface area contributed by atoms with Crippen molar-refractivity contribution in [3.05, 3.63) is 36.5 Å². The molecule has 0 aliphatic heterocycles. The van der Waals surface area contributed by atoms with Crippen molar-refractivity contribution in [2.45, 2.75) is 32.6 Å². The largest absolute Gasteiger partial charge is 0.478 e. The van der Waals surface area contributed by atoms with Gasteiger partial charge in [-0.15, -0.1) is 0 Å². The molecule has 0 bridgehead atoms. The summed E-state index contributed by atoms with van der Waals surface area (Å²) in [6.45, 7) is 10.1. The van der Waals surface area contributed by atoms with Crippen LogP contribution in [0.1, 0.15) is 32.6 Å². The average Bonchev–Trinajstić information content (AvgIpc) is 2.27. The lowest BCUT2D eigenvalue weighted by atomic mass is 9.58. The van der Waals surface area contributed by atoms with E-state index in [1.807, 2.05) is 0 Å². The summed E-state index contributed by atoms with van der Waals surface area (Å²) in [7, 11) is 0. The van der Waals surface area contributed by atoms with Crippen molar-refractivity contribution in [2.75, 3.05) is 0 Å². The Morgan fingerprint density at radius 3 is 2.94 bits per heavy atom. The van der Waals surface area contributed by atoms with Crippen LogP contribution >= 0.6 is 0 Å². The fourth-order valence-electron chi connectivity index (χ4n) is 3.30. The molecule has 0 aromatic rings. The summed E-state index contributed by atoms with van der Waals surface area (Å²) in [4.78, 5) is 11.0. The van der Waals surface area contributed by atoms with E-state index in [2.05, 4.69) is 32.2 Å². The van der Waals surface area contributed by atoms with E-state index in [1.165, 1.54) is 0 Å². The summed E-state index contributed by atoms with van der Waals surface area (Å²) in [5, 5.41) is 9.02. The van der Waals surface area contributed by atoms with Crippen molar-refractivity contribution in [3.8, 4) is 0 Å². The number of rotatable bonds is 2. The average molecular weight is 232 g/mol. The van der Waals surface area contributed by atoms with Gasteiger partial charge < -0.3 is 5.11 Å². The lowest BCUT2D eigenvalue weighted by molar-refractivity contribution is -0.133. The number of fused-ring (bicyclic) bond motifs is 1. The zero-order valence-electron chi connectivity index (χ0n) is 10.4. The van der Waals surface area contributed by atoms with Crippen LogP contribution in [0.2, 0.25) is 0 Å². The van der Waals surface area contributed by atoms with E-state index in [4.69, 9.17) is 5.11 Å². The second-order valence-corrected chi connectivity index (χ2v) is 5.69. The zero-order valence-corrected chi connectivity index (χ0v) is 10.4. The Hall–Kier alpha value is -1.31. The molecule has 0 unspecified atom stereocenters. The number of hydrogen-bond acceptors (Lipinski definition) is 1. The molecule has 2 aliphatic carbocycles. The second kappa shape index (κ2) is 4.17. The Labute approximate surface area is 103 Å². The fourth-order valence-corrected chi connectivity index (χ4v) is 3.30. The molecule has 0 amide bonds. The summed E-state index contributed by atoms with van der Waals surface area (Å²) in [5.41, 5.74) is 1.80. The number of carboxylic acid groups (broad SMARTS) is 1. The topological polar surface area (TPSA) is 37.3 Å². The van der Waals surface area contributed by atoms with Gasteiger partial charge in [-0.05, 0) is 42.9 Å². The zero-order chi connectivity index (χ0) is 12.6. The van der Waals surface area contributed by atoms with Gasteiger partial charge in [-0.1, -0.05) is 37.8 Å². The highest BCUT2D eigenvalue weighted by molar-refractivity contribution is 5.86. The smallest absolute Gasteiger partial charge is 0.331 e. The van der Waals surface area contributed by atoms with Crippen LogP contribution in [0.25, 0.3) is 0 Å². The molecule has 2 aliphatic rings. The molecule has 0 saturated heterocycles. The molecule has 1 fully saturated rings. The maximum Gasteiger partial charge on any atom is 0.331 e. The van der Waals surface area contributed by atoms with Crippen molar-refractivity contribution in [1.82, 2.24) is 0 Å². The molecule has 1 saturated carbocycles. The molecule has 0 radical (unpaired) electrons. The summed E-state index contributed by atoms with van der Waals surface area (Å²) < 4.78 is 0. The monoisotopic (exact) mass is 232 g/mol. The van der Waals surface area contributed by atoms with Crippen LogP contribution in [0, 0.1) is 17.3 Å². The summed E-state index contributed by atoms with van der Waals surface area (Å²) >= 11 is 0. The van der Waals surface area contributed by atoms with Gasteiger partial charge in [-0.2, -0.15) is 0 Å². The van der Waals surface area contributed by atoms with Crippen LogP contribution in [0.5, 0.6) is 0 Å². The van der Waals surface area contributed by atoms with E-state index in [-0.39, 0.29) is 11.3 Å². The Morgan fingerprint density at radius 2 is 2.29 bits per heavy atom. The lowest BCUT2D eigenvalue weighted by Crippen LogP contribution is -2.37. The lowest BCUT2D eigenvalue weighted by Gasteiger charge is -2.46. The van der Waals surface area contributed by atoms with Crippen molar-refractivity contribution < 1.29 is 9.90 Å². The number of allylic oxidation sites excluding steroid dienone is 3. The van der Waals surface area contributed by atoms with Crippen LogP contribution in [-0.4, -0.2) is 11.1 Å². The Balaban J connectivity index is 2.18. The predicted molar refractivity (Wildman–Crippen MR) is 68.6 cm³/mol. The molecule has 1 N–H and O–H groups in total. The first-order valence-electron chi connectivity index (χ1n) is 6.21. The molecule has 0 aromatic carbocycles. The third-order valence-corrected chi connectivity index (χ3v) is 4.56. The third-order valence-electron chi connectivity index (χ3n) is 4.56. The van der Waals surface area contributed by atoms with Crippen LogP contribution in [0.3, 0.4) is 0 Å². The Morgan fingerprint density at radius 1 is 1.59 bits per heavy atom. The number of hydrogen-bond donors (Lipinski definition) is 1. The molecule has 0 spiro atoms. The van der Waals surface area contributed by atoms with E-state index >= 15 is 0 Å². The summed E-state index contributed by atoms with van der Waals surface area (Å²) in [6.07, 6.45) is 8.29. The van der Waals surface area contributed by atoms with Crippen molar-refractivity contribution >= 4 is 5.97 Å². The van der Waals surface area contributed by atoms with Crippen LogP contribution in [0.4, 0.5) is 0 Å². The van der Waals surface area contributed by atoms with Gasteiger partial charge in [0.05, 0.1) is 0 Å². The molecular weight excluding hydrogens is 212 g/mol. The van der Waals surface area contributed by atoms with E-state index in [0.29, 0.717) is 11.5 Å². The molecule has 2 nitrogen and oxygen atoms in total. The predicted octanol–water partition coefficient (Wildman–Crippen LogP) is 3.57. The quantitative estimate of drug-likeness (QED) is 0.739. The number of aliphatic carboxylic acids is 1.